The molecule has 4 unspecified atom stereocenters. The van der Waals surface area contributed by atoms with Crippen LogP contribution in [0.2, 0.25) is 5.15 Å². The summed E-state index contributed by atoms with van der Waals surface area (Å²) in [6.07, 6.45) is 1.60. The van der Waals surface area contributed by atoms with E-state index in [9.17, 15) is 9.50 Å². The van der Waals surface area contributed by atoms with E-state index in [1.165, 1.54) is 0 Å². The number of aromatic nitrogens is 2. The van der Waals surface area contributed by atoms with Crippen molar-refractivity contribution in [2.75, 3.05) is 18.1 Å². The van der Waals surface area contributed by atoms with E-state index >= 15 is 0 Å². The van der Waals surface area contributed by atoms with Crippen LogP contribution in [-0.2, 0) is 0 Å². The fraction of sp³-hybridized carbons (Fsp3) is 0.556. The molecule has 2 bridgehead atoms. The lowest BCUT2D eigenvalue weighted by Gasteiger charge is -2.43. The fourth-order valence-electron chi connectivity index (χ4n) is 4.73. The van der Waals surface area contributed by atoms with Gasteiger partial charge in [0.05, 0.1) is 18.0 Å². The van der Waals surface area contributed by atoms with Gasteiger partial charge in [0.25, 0.3) is 0 Å². The normalized spacial score (nSPS) is 29.5. The fourth-order valence-corrected chi connectivity index (χ4v) is 4.90. The quantitative estimate of drug-likeness (QED) is 0.741. The van der Waals surface area contributed by atoms with Gasteiger partial charge in [0.2, 0.25) is 5.88 Å². The van der Waals surface area contributed by atoms with Crippen LogP contribution in [-0.4, -0.2) is 52.5 Å². The van der Waals surface area contributed by atoms with E-state index < -0.39 is 11.9 Å². The molecule has 3 aliphatic rings. The van der Waals surface area contributed by atoms with Crippen molar-refractivity contribution in [1.29, 1.82) is 0 Å². The molecule has 2 fully saturated rings. The maximum atomic E-state index is 14.9. The van der Waals surface area contributed by atoms with Gasteiger partial charge in [-0.25, -0.2) is 9.37 Å². The van der Waals surface area contributed by atoms with E-state index in [2.05, 4.69) is 15.2 Å². The van der Waals surface area contributed by atoms with Gasteiger partial charge in [-0.2, -0.15) is 4.98 Å². The smallest absolute Gasteiger partial charge is 0.227 e. The Morgan fingerprint density at radius 1 is 1.31 bits per heavy atom. The molecule has 2 aromatic rings. The highest BCUT2D eigenvalue weighted by atomic mass is 35.5. The number of rotatable bonds is 1. The number of aliphatic hydroxyl groups excluding tert-OH is 1. The molecule has 0 aromatic carbocycles. The minimum atomic E-state index is -0.546. The van der Waals surface area contributed by atoms with Crippen molar-refractivity contribution in [1.82, 2.24) is 15.3 Å². The monoisotopic (exact) mass is 378 g/mol. The lowest BCUT2D eigenvalue weighted by molar-refractivity contribution is 0.0759. The Balaban J connectivity index is 1.85. The van der Waals surface area contributed by atoms with Crippen LogP contribution in [0.1, 0.15) is 24.1 Å². The molecule has 26 heavy (non-hydrogen) atoms. The molecule has 0 amide bonds. The minimum Gasteiger partial charge on any atom is -0.469 e. The number of hydrogen-bond acceptors (Lipinski definition) is 6. The van der Waals surface area contributed by atoms with Crippen molar-refractivity contribution in [3.8, 4) is 5.88 Å². The standard InChI is InChI=1S/C18H20ClFN4O2/c1-7-8(2)21-17-13-12(7)14(20)16(19)23-18(13)26-11(6-25)15-10-4-3-9(22-10)5-24(15)17/h9-11,15,22,25H,3-6H2,1-2H3. The lowest BCUT2D eigenvalue weighted by Crippen LogP contribution is -2.63. The molecule has 4 atom stereocenters. The molecule has 5 heterocycles. The third kappa shape index (κ3) is 2.11. The summed E-state index contributed by atoms with van der Waals surface area (Å²) in [6, 6.07) is 0.465. The molecular formula is C18H20ClFN4O2. The predicted octanol–water partition coefficient (Wildman–Crippen LogP) is 2.10. The van der Waals surface area contributed by atoms with Crippen LogP contribution in [0.5, 0.6) is 5.88 Å². The highest BCUT2D eigenvalue weighted by Crippen LogP contribution is 2.44. The van der Waals surface area contributed by atoms with E-state index in [4.69, 9.17) is 21.3 Å². The van der Waals surface area contributed by atoms with Crippen LogP contribution in [0, 0.1) is 19.7 Å². The number of anilines is 1. The molecule has 2 N–H and O–H groups in total. The maximum Gasteiger partial charge on any atom is 0.227 e. The topological polar surface area (TPSA) is 70.5 Å². The number of nitrogens with zero attached hydrogens (tertiary/aromatic N) is 3. The molecule has 6 nitrogen and oxygen atoms in total. The first-order valence-corrected chi connectivity index (χ1v) is 9.33. The van der Waals surface area contributed by atoms with E-state index in [1.807, 2.05) is 13.8 Å². The first-order chi connectivity index (χ1) is 12.5. The van der Waals surface area contributed by atoms with Crippen LogP contribution < -0.4 is 15.0 Å². The molecule has 0 radical (unpaired) electrons. The average molecular weight is 379 g/mol. The van der Waals surface area contributed by atoms with Gasteiger partial charge < -0.3 is 20.1 Å². The van der Waals surface area contributed by atoms with Crippen LogP contribution in [0.3, 0.4) is 0 Å². The van der Waals surface area contributed by atoms with Crippen LogP contribution in [0.4, 0.5) is 10.2 Å². The Morgan fingerprint density at radius 2 is 2.12 bits per heavy atom. The summed E-state index contributed by atoms with van der Waals surface area (Å²) in [5, 5.41) is 14.4. The third-order valence-corrected chi connectivity index (χ3v) is 6.29. The van der Waals surface area contributed by atoms with Gasteiger partial charge >= 0.3 is 0 Å². The molecule has 138 valence electrons. The second kappa shape index (κ2) is 5.65. The molecule has 0 saturated carbocycles. The number of hydrogen-bond donors (Lipinski definition) is 2. The number of fused-ring (bicyclic) bond motifs is 5. The second-order valence-corrected chi connectivity index (χ2v) is 7.80. The molecule has 8 heteroatoms. The molecule has 0 spiro atoms. The van der Waals surface area contributed by atoms with Crippen molar-refractivity contribution < 1.29 is 14.2 Å². The summed E-state index contributed by atoms with van der Waals surface area (Å²) in [7, 11) is 0. The van der Waals surface area contributed by atoms with Crippen molar-refractivity contribution in [2.45, 2.75) is 50.9 Å². The second-order valence-electron chi connectivity index (χ2n) is 7.45. The number of aliphatic hydroxyl groups is 1. The van der Waals surface area contributed by atoms with E-state index in [-0.39, 0.29) is 29.7 Å². The zero-order valence-corrected chi connectivity index (χ0v) is 15.3. The van der Waals surface area contributed by atoms with E-state index in [1.54, 1.807) is 0 Å². The summed E-state index contributed by atoms with van der Waals surface area (Å²) in [5.74, 6) is 0.386. The minimum absolute atomic E-state index is 0.0902. The van der Waals surface area contributed by atoms with Gasteiger partial charge in [-0.3, -0.25) is 0 Å². The number of nitrogens with one attached hydrogen (secondary N) is 1. The van der Waals surface area contributed by atoms with E-state index in [0.717, 1.165) is 30.6 Å². The summed E-state index contributed by atoms with van der Waals surface area (Å²) in [6.45, 7) is 4.29. The average Bonchev–Trinajstić information content (AvgIpc) is 2.94. The number of ether oxygens (including phenoxy) is 1. The summed E-state index contributed by atoms with van der Waals surface area (Å²) in [5.41, 5.74) is 1.49. The predicted molar refractivity (Wildman–Crippen MR) is 96.6 cm³/mol. The molecule has 0 aliphatic carbocycles. The largest absolute Gasteiger partial charge is 0.469 e. The zero-order valence-electron chi connectivity index (χ0n) is 14.6. The Bertz CT molecular complexity index is 916. The SMILES string of the molecule is Cc1nc2c3c(nc(Cl)c(F)c3c1C)OC(CO)C1C3CCC(CN21)N3. The Morgan fingerprint density at radius 3 is 2.88 bits per heavy atom. The summed E-state index contributed by atoms with van der Waals surface area (Å²) < 4.78 is 21.0. The zero-order chi connectivity index (χ0) is 18.2. The summed E-state index contributed by atoms with van der Waals surface area (Å²) in [4.78, 5) is 11.1. The molecule has 5 rings (SSSR count). The summed E-state index contributed by atoms with van der Waals surface area (Å²) >= 11 is 6.06. The van der Waals surface area contributed by atoms with Crippen LogP contribution in [0.15, 0.2) is 0 Å². The Labute approximate surface area is 155 Å². The van der Waals surface area contributed by atoms with Gasteiger partial charge in [0, 0.05) is 29.7 Å². The van der Waals surface area contributed by atoms with Crippen molar-refractivity contribution in [2.24, 2.45) is 0 Å². The maximum absolute atomic E-state index is 14.9. The molecule has 2 saturated heterocycles. The molecule has 3 aliphatic heterocycles. The van der Waals surface area contributed by atoms with Gasteiger partial charge in [0.1, 0.15) is 11.9 Å². The van der Waals surface area contributed by atoms with Gasteiger partial charge in [-0.05, 0) is 32.3 Å². The highest BCUT2D eigenvalue weighted by Gasteiger charge is 2.48. The van der Waals surface area contributed by atoms with Crippen LogP contribution >= 0.6 is 11.6 Å². The van der Waals surface area contributed by atoms with Gasteiger partial charge in [0.15, 0.2) is 11.0 Å². The first kappa shape index (κ1) is 16.5. The highest BCUT2D eigenvalue weighted by molar-refractivity contribution is 6.30. The van der Waals surface area contributed by atoms with Crippen molar-refractivity contribution in [3.63, 3.8) is 0 Å². The number of pyridine rings is 2. The van der Waals surface area contributed by atoms with Gasteiger partial charge in [-0.15, -0.1) is 0 Å². The van der Waals surface area contributed by atoms with Crippen molar-refractivity contribution >= 4 is 28.2 Å². The number of halogens is 2. The van der Waals surface area contributed by atoms with Crippen molar-refractivity contribution in [3.05, 3.63) is 22.2 Å². The molecular weight excluding hydrogens is 359 g/mol. The third-order valence-electron chi connectivity index (χ3n) is 6.04. The van der Waals surface area contributed by atoms with E-state index in [0.29, 0.717) is 22.6 Å². The number of piperazine rings is 1. The number of aryl methyl sites for hydroxylation is 2. The van der Waals surface area contributed by atoms with Gasteiger partial charge in [-0.1, -0.05) is 11.6 Å². The molecule has 2 aromatic heterocycles. The van der Waals surface area contributed by atoms with Crippen LogP contribution in [0.25, 0.3) is 10.8 Å². The Kier molecular flexibility index (Phi) is 3.58. The lowest BCUT2D eigenvalue weighted by atomic mass is 9.98. The Hall–Kier alpha value is -1.70. The first-order valence-electron chi connectivity index (χ1n) is 8.95.